The van der Waals surface area contributed by atoms with Gasteiger partial charge in [0.25, 0.3) is 0 Å². The van der Waals surface area contributed by atoms with E-state index in [0.29, 0.717) is 28.0 Å². The molecule has 108 valence electrons. The lowest BCUT2D eigenvalue weighted by atomic mass is 10.1. The number of nitrogens with two attached hydrogens (primary N) is 1. The van der Waals surface area contributed by atoms with E-state index < -0.39 is 0 Å². The van der Waals surface area contributed by atoms with Crippen LogP contribution < -0.4 is 10.5 Å². The third kappa shape index (κ3) is 3.89. The summed E-state index contributed by atoms with van der Waals surface area (Å²) in [5.41, 5.74) is 8.09. The first kappa shape index (κ1) is 15.7. The summed E-state index contributed by atoms with van der Waals surface area (Å²) in [4.78, 5) is 0. The SMILES string of the molecule is C[C@@H](N)c1cc(Cl)ccc1OCc1ccc(C#N)cc1Cl. The third-order valence-corrected chi connectivity index (χ3v) is 3.61. The Kier molecular flexibility index (Phi) is 5.08. The van der Waals surface area contributed by atoms with Gasteiger partial charge in [0.15, 0.2) is 0 Å². The Morgan fingerprint density at radius 3 is 2.62 bits per heavy atom. The van der Waals surface area contributed by atoms with E-state index in [1.54, 1.807) is 36.4 Å². The van der Waals surface area contributed by atoms with Crippen LogP contribution in [0.1, 0.15) is 29.7 Å². The highest BCUT2D eigenvalue weighted by molar-refractivity contribution is 6.31. The molecule has 2 aromatic carbocycles. The van der Waals surface area contributed by atoms with Gasteiger partial charge in [0.2, 0.25) is 0 Å². The number of hydrogen-bond acceptors (Lipinski definition) is 3. The van der Waals surface area contributed by atoms with E-state index in [1.165, 1.54) is 0 Å². The van der Waals surface area contributed by atoms with Crippen LogP contribution in [-0.4, -0.2) is 0 Å². The number of benzene rings is 2. The normalized spacial score (nSPS) is 11.8. The lowest BCUT2D eigenvalue weighted by molar-refractivity contribution is 0.301. The molecule has 21 heavy (non-hydrogen) atoms. The van der Waals surface area contributed by atoms with Crippen molar-refractivity contribution in [3.63, 3.8) is 0 Å². The van der Waals surface area contributed by atoms with Crippen LogP contribution in [0.3, 0.4) is 0 Å². The zero-order valence-electron chi connectivity index (χ0n) is 11.4. The Morgan fingerprint density at radius 2 is 2.00 bits per heavy atom. The summed E-state index contributed by atoms with van der Waals surface area (Å²) in [5.74, 6) is 0.676. The van der Waals surface area contributed by atoms with Gasteiger partial charge in [0, 0.05) is 27.2 Å². The van der Waals surface area contributed by atoms with Crippen LogP contribution in [0.4, 0.5) is 0 Å². The predicted octanol–water partition coefficient (Wildman–Crippen LogP) is 4.46. The number of nitriles is 1. The standard InChI is InChI=1S/C16H14Cl2N2O/c1-10(20)14-7-13(17)4-5-16(14)21-9-12-3-2-11(8-19)6-15(12)18/h2-7,10H,9,20H2,1H3/t10-/m1/s1. The highest BCUT2D eigenvalue weighted by Crippen LogP contribution is 2.28. The molecular weight excluding hydrogens is 307 g/mol. The zero-order chi connectivity index (χ0) is 15.4. The van der Waals surface area contributed by atoms with Gasteiger partial charge in [-0.05, 0) is 37.3 Å². The van der Waals surface area contributed by atoms with Crippen LogP contribution in [-0.2, 0) is 6.61 Å². The van der Waals surface area contributed by atoms with E-state index in [-0.39, 0.29) is 6.04 Å². The molecule has 0 amide bonds. The van der Waals surface area contributed by atoms with Crippen LogP contribution >= 0.6 is 23.2 Å². The quantitative estimate of drug-likeness (QED) is 0.904. The van der Waals surface area contributed by atoms with E-state index in [1.807, 2.05) is 13.0 Å². The molecule has 0 bridgehead atoms. The Hall–Kier alpha value is -1.73. The molecule has 0 saturated carbocycles. The zero-order valence-corrected chi connectivity index (χ0v) is 12.9. The fourth-order valence-electron chi connectivity index (χ4n) is 1.90. The van der Waals surface area contributed by atoms with Crippen molar-refractivity contribution in [1.82, 2.24) is 0 Å². The van der Waals surface area contributed by atoms with Crippen LogP contribution in [0.15, 0.2) is 36.4 Å². The van der Waals surface area contributed by atoms with Crippen molar-refractivity contribution in [2.45, 2.75) is 19.6 Å². The number of rotatable bonds is 4. The summed E-state index contributed by atoms with van der Waals surface area (Å²) in [6.45, 7) is 2.17. The van der Waals surface area contributed by atoms with Crippen molar-refractivity contribution in [2.24, 2.45) is 5.73 Å². The lowest BCUT2D eigenvalue weighted by Crippen LogP contribution is -2.08. The van der Waals surface area contributed by atoms with Crippen LogP contribution in [0.5, 0.6) is 5.75 Å². The summed E-state index contributed by atoms with van der Waals surface area (Å²) in [6.07, 6.45) is 0. The van der Waals surface area contributed by atoms with E-state index in [4.69, 9.17) is 38.9 Å². The largest absolute Gasteiger partial charge is 0.489 e. The van der Waals surface area contributed by atoms with Crippen molar-refractivity contribution in [3.05, 3.63) is 63.1 Å². The fraction of sp³-hybridized carbons (Fsp3) is 0.188. The number of ether oxygens (including phenoxy) is 1. The van der Waals surface area contributed by atoms with Gasteiger partial charge in [-0.1, -0.05) is 29.3 Å². The molecule has 0 heterocycles. The van der Waals surface area contributed by atoms with E-state index >= 15 is 0 Å². The second kappa shape index (κ2) is 6.82. The average molecular weight is 321 g/mol. The third-order valence-electron chi connectivity index (χ3n) is 3.03. The highest BCUT2D eigenvalue weighted by Gasteiger charge is 2.10. The maximum Gasteiger partial charge on any atom is 0.124 e. The highest BCUT2D eigenvalue weighted by atomic mass is 35.5. The molecule has 2 rings (SSSR count). The Morgan fingerprint density at radius 1 is 1.24 bits per heavy atom. The van der Waals surface area contributed by atoms with Crippen LogP contribution in [0, 0.1) is 11.3 Å². The number of nitrogens with zero attached hydrogens (tertiary/aromatic N) is 1. The monoisotopic (exact) mass is 320 g/mol. The first-order valence-electron chi connectivity index (χ1n) is 6.37. The van der Waals surface area contributed by atoms with Gasteiger partial charge in [0.05, 0.1) is 11.6 Å². The summed E-state index contributed by atoms with van der Waals surface area (Å²) in [7, 11) is 0. The molecule has 0 aliphatic rings. The van der Waals surface area contributed by atoms with Gasteiger partial charge < -0.3 is 10.5 Å². The van der Waals surface area contributed by atoms with Crippen molar-refractivity contribution in [1.29, 1.82) is 5.26 Å². The molecule has 3 nitrogen and oxygen atoms in total. The molecule has 0 spiro atoms. The van der Waals surface area contributed by atoms with Gasteiger partial charge >= 0.3 is 0 Å². The van der Waals surface area contributed by atoms with Gasteiger partial charge in [0.1, 0.15) is 12.4 Å². The molecule has 1 atom stereocenters. The van der Waals surface area contributed by atoms with Crippen molar-refractivity contribution in [2.75, 3.05) is 0 Å². The Labute approximate surface area is 133 Å². The second-order valence-corrected chi connectivity index (χ2v) is 5.52. The van der Waals surface area contributed by atoms with Gasteiger partial charge in [-0.3, -0.25) is 0 Å². The molecule has 0 saturated heterocycles. The Balaban J connectivity index is 2.19. The molecule has 0 aromatic heterocycles. The molecule has 2 N–H and O–H groups in total. The topological polar surface area (TPSA) is 59.0 Å². The molecule has 0 aliphatic carbocycles. The van der Waals surface area contributed by atoms with Crippen LogP contribution in [0.2, 0.25) is 10.0 Å². The summed E-state index contributed by atoms with van der Waals surface area (Å²) in [6, 6.07) is 12.3. The maximum absolute atomic E-state index is 8.82. The first-order chi connectivity index (χ1) is 10.0. The summed E-state index contributed by atoms with van der Waals surface area (Å²) < 4.78 is 5.79. The molecule has 0 unspecified atom stereocenters. The van der Waals surface area contributed by atoms with Gasteiger partial charge in [-0.25, -0.2) is 0 Å². The fourth-order valence-corrected chi connectivity index (χ4v) is 2.31. The summed E-state index contributed by atoms with van der Waals surface area (Å²) >= 11 is 12.1. The smallest absolute Gasteiger partial charge is 0.124 e. The minimum absolute atomic E-state index is 0.185. The lowest BCUT2D eigenvalue weighted by Gasteiger charge is -2.15. The molecule has 5 heteroatoms. The van der Waals surface area contributed by atoms with Crippen molar-refractivity contribution >= 4 is 23.2 Å². The summed E-state index contributed by atoms with van der Waals surface area (Å²) in [5, 5.41) is 9.94. The van der Waals surface area contributed by atoms with Gasteiger partial charge in [-0.15, -0.1) is 0 Å². The number of hydrogen-bond donors (Lipinski definition) is 1. The molecule has 0 fully saturated rings. The molecule has 2 aromatic rings. The van der Waals surface area contributed by atoms with Crippen molar-refractivity contribution in [3.8, 4) is 11.8 Å². The van der Waals surface area contributed by atoms with Crippen molar-refractivity contribution < 1.29 is 4.74 Å². The minimum Gasteiger partial charge on any atom is -0.489 e. The second-order valence-electron chi connectivity index (χ2n) is 4.68. The maximum atomic E-state index is 8.82. The first-order valence-corrected chi connectivity index (χ1v) is 7.13. The van der Waals surface area contributed by atoms with E-state index in [9.17, 15) is 0 Å². The number of halogens is 2. The minimum atomic E-state index is -0.185. The van der Waals surface area contributed by atoms with E-state index in [0.717, 1.165) is 11.1 Å². The average Bonchev–Trinajstić information content (AvgIpc) is 2.46. The van der Waals surface area contributed by atoms with Crippen LogP contribution in [0.25, 0.3) is 0 Å². The predicted molar refractivity (Wildman–Crippen MR) is 84.6 cm³/mol. The van der Waals surface area contributed by atoms with E-state index in [2.05, 4.69) is 0 Å². The molecule has 0 aliphatic heterocycles. The Bertz CT molecular complexity index is 693. The molecular formula is C16H14Cl2N2O. The van der Waals surface area contributed by atoms with Gasteiger partial charge in [-0.2, -0.15) is 5.26 Å². The molecule has 0 radical (unpaired) electrons.